The molecule has 96 valence electrons. The highest BCUT2D eigenvalue weighted by atomic mass is 32.1. The van der Waals surface area contributed by atoms with Crippen LogP contribution in [0.4, 0.5) is 0 Å². The van der Waals surface area contributed by atoms with Crippen LogP contribution >= 0.6 is 11.3 Å². The van der Waals surface area contributed by atoms with Crippen LogP contribution in [0.2, 0.25) is 0 Å². The lowest BCUT2D eigenvalue weighted by atomic mass is 10.1. The maximum absolute atomic E-state index is 11.2. The van der Waals surface area contributed by atoms with Crippen molar-refractivity contribution < 1.29 is 9.53 Å². The van der Waals surface area contributed by atoms with Crippen molar-refractivity contribution in [3.05, 3.63) is 46.6 Å². The number of imidazole rings is 1. The number of carbonyl (C=O) groups excluding carboxylic acids is 1. The minimum absolute atomic E-state index is 0.357. The highest BCUT2D eigenvalue weighted by Crippen LogP contribution is 2.29. The largest absolute Gasteiger partial charge is 0.437 e. The zero-order valence-electron chi connectivity index (χ0n) is 10.6. The highest BCUT2D eigenvalue weighted by Gasteiger charge is 2.15. The fourth-order valence-corrected chi connectivity index (χ4v) is 2.60. The zero-order valence-corrected chi connectivity index (χ0v) is 11.4. The second-order valence-corrected chi connectivity index (χ2v) is 5.22. The third-order valence-corrected chi connectivity index (χ3v) is 3.68. The Hall–Kier alpha value is -2.14. The maximum atomic E-state index is 11.2. The molecular formula is C14H12N2O2S. The van der Waals surface area contributed by atoms with Crippen LogP contribution in [0.1, 0.15) is 21.6 Å². The van der Waals surface area contributed by atoms with Crippen molar-refractivity contribution in [2.75, 3.05) is 0 Å². The summed E-state index contributed by atoms with van der Waals surface area (Å²) in [5, 5.41) is 1.89. The first kappa shape index (κ1) is 11.9. The molecule has 0 aliphatic carbocycles. The van der Waals surface area contributed by atoms with Gasteiger partial charge in [-0.05, 0) is 31.0 Å². The van der Waals surface area contributed by atoms with Crippen LogP contribution in [0.15, 0.2) is 29.8 Å². The third-order valence-electron chi connectivity index (χ3n) is 2.93. The number of hydrogen-bond acceptors (Lipinski definition) is 4. The molecule has 0 aliphatic heterocycles. The van der Waals surface area contributed by atoms with Gasteiger partial charge in [-0.2, -0.15) is 4.98 Å². The summed E-state index contributed by atoms with van der Waals surface area (Å²) in [6.07, 6.45) is 2.58. The number of carbonyl (C=O) groups is 1. The van der Waals surface area contributed by atoms with Gasteiger partial charge in [-0.25, -0.2) is 0 Å². The van der Waals surface area contributed by atoms with E-state index in [9.17, 15) is 4.79 Å². The van der Waals surface area contributed by atoms with E-state index < -0.39 is 0 Å². The van der Waals surface area contributed by atoms with Crippen molar-refractivity contribution in [1.29, 1.82) is 0 Å². The molecular weight excluding hydrogens is 260 g/mol. The summed E-state index contributed by atoms with van der Waals surface area (Å²) in [7, 11) is 0. The van der Waals surface area contributed by atoms with Crippen molar-refractivity contribution in [2.45, 2.75) is 13.8 Å². The lowest BCUT2D eigenvalue weighted by Crippen LogP contribution is -1.93. The first-order chi connectivity index (χ1) is 9.19. The highest BCUT2D eigenvalue weighted by molar-refractivity contribution is 7.15. The third kappa shape index (κ3) is 2.02. The number of hydrogen-bond donors (Lipinski definition) is 0. The number of aldehydes is 1. The molecule has 0 aliphatic rings. The Labute approximate surface area is 114 Å². The summed E-state index contributed by atoms with van der Waals surface area (Å²) in [5.74, 6) is 1.09. The first-order valence-corrected chi connectivity index (χ1v) is 6.73. The second kappa shape index (κ2) is 4.51. The van der Waals surface area contributed by atoms with Crippen molar-refractivity contribution in [3.8, 4) is 11.6 Å². The average molecular weight is 272 g/mol. The van der Waals surface area contributed by atoms with E-state index in [-0.39, 0.29) is 0 Å². The molecule has 0 bridgehead atoms. The number of rotatable bonds is 3. The Morgan fingerprint density at radius 3 is 3.00 bits per heavy atom. The predicted molar refractivity (Wildman–Crippen MR) is 74.4 cm³/mol. The molecule has 0 N–H and O–H groups in total. The number of benzene rings is 1. The normalized spacial score (nSPS) is 10.8. The summed E-state index contributed by atoms with van der Waals surface area (Å²) >= 11 is 1.47. The summed E-state index contributed by atoms with van der Waals surface area (Å²) < 4.78 is 7.53. The molecule has 2 heterocycles. The minimum Gasteiger partial charge on any atom is -0.437 e. The Balaban J connectivity index is 2.07. The molecule has 0 spiro atoms. The van der Waals surface area contributed by atoms with Gasteiger partial charge in [0.25, 0.3) is 0 Å². The number of ether oxygens (including phenoxy) is 1. The van der Waals surface area contributed by atoms with Crippen LogP contribution < -0.4 is 4.74 Å². The monoisotopic (exact) mass is 272 g/mol. The molecule has 0 saturated carbocycles. The number of aromatic nitrogens is 2. The molecule has 0 saturated heterocycles. The number of nitrogens with zero attached hydrogens (tertiary/aromatic N) is 2. The van der Waals surface area contributed by atoms with E-state index in [1.54, 1.807) is 4.40 Å². The van der Waals surface area contributed by atoms with E-state index in [1.165, 1.54) is 11.3 Å². The Morgan fingerprint density at radius 1 is 1.37 bits per heavy atom. The number of fused-ring (bicyclic) bond motifs is 1. The quantitative estimate of drug-likeness (QED) is 0.684. The molecule has 5 heteroatoms. The zero-order chi connectivity index (χ0) is 13.4. The van der Waals surface area contributed by atoms with Gasteiger partial charge in [-0.1, -0.05) is 12.1 Å². The fourth-order valence-electron chi connectivity index (χ4n) is 1.89. The molecule has 0 unspecified atom stereocenters. The summed E-state index contributed by atoms with van der Waals surface area (Å²) in [4.78, 5) is 16.3. The van der Waals surface area contributed by atoms with Gasteiger partial charge in [0.15, 0.2) is 16.9 Å². The van der Waals surface area contributed by atoms with E-state index in [2.05, 4.69) is 4.98 Å². The molecule has 19 heavy (non-hydrogen) atoms. The van der Waals surface area contributed by atoms with Crippen LogP contribution in [0, 0.1) is 13.8 Å². The van der Waals surface area contributed by atoms with Crippen molar-refractivity contribution in [1.82, 2.24) is 9.38 Å². The first-order valence-electron chi connectivity index (χ1n) is 5.85. The molecule has 4 nitrogen and oxygen atoms in total. The van der Waals surface area contributed by atoms with Crippen LogP contribution in [-0.4, -0.2) is 15.7 Å². The van der Waals surface area contributed by atoms with E-state index in [0.29, 0.717) is 11.6 Å². The van der Waals surface area contributed by atoms with E-state index >= 15 is 0 Å². The molecule has 0 amide bonds. The molecule has 0 radical (unpaired) electrons. The van der Waals surface area contributed by atoms with E-state index in [0.717, 1.165) is 28.1 Å². The lowest BCUT2D eigenvalue weighted by molar-refractivity contribution is 0.111. The Morgan fingerprint density at radius 2 is 2.21 bits per heavy atom. The molecule has 1 aromatic carbocycles. The van der Waals surface area contributed by atoms with E-state index in [4.69, 9.17) is 4.74 Å². The van der Waals surface area contributed by atoms with Gasteiger partial charge in [-0.3, -0.25) is 9.20 Å². The molecule has 2 aromatic heterocycles. The Kier molecular flexibility index (Phi) is 2.83. The van der Waals surface area contributed by atoms with Crippen molar-refractivity contribution in [3.63, 3.8) is 0 Å². The van der Waals surface area contributed by atoms with Gasteiger partial charge in [0.1, 0.15) is 5.75 Å². The van der Waals surface area contributed by atoms with Crippen LogP contribution in [-0.2, 0) is 0 Å². The van der Waals surface area contributed by atoms with E-state index in [1.807, 2.05) is 43.6 Å². The van der Waals surface area contributed by atoms with Crippen LogP contribution in [0.5, 0.6) is 11.6 Å². The SMILES string of the molecule is Cc1ccc(C)c(Oc2nc3sccn3c2C=O)c1. The lowest BCUT2D eigenvalue weighted by Gasteiger charge is -2.07. The summed E-state index contributed by atoms with van der Waals surface area (Å²) in [6.45, 7) is 3.96. The van der Waals surface area contributed by atoms with Gasteiger partial charge in [0.2, 0.25) is 5.88 Å². The van der Waals surface area contributed by atoms with Gasteiger partial charge >= 0.3 is 0 Å². The average Bonchev–Trinajstić information content (AvgIpc) is 2.94. The van der Waals surface area contributed by atoms with Crippen molar-refractivity contribution >= 4 is 22.6 Å². The Bertz CT molecular complexity index is 758. The predicted octanol–water partition coefficient (Wildman–Crippen LogP) is 3.62. The number of aryl methyl sites for hydroxylation is 2. The molecule has 3 rings (SSSR count). The summed E-state index contributed by atoms with van der Waals surface area (Å²) in [5.41, 5.74) is 2.56. The van der Waals surface area contributed by atoms with Crippen molar-refractivity contribution in [2.24, 2.45) is 0 Å². The second-order valence-electron chi connectivity index (χ2n) is 4.35. The molecule has 0 fully saturated rings. The smallest absolute Gasteiger partial charge is 0.250 e. The number of thiazole rings is 1. The maximum Gasteiger partial charge on any atom is 0.250 e. The minimum atomic E-state index is 0.357. The molecule has 0 atom stereocenters. The van der Waals surface area contributed by atoms with Gasteiger partial charge in [-0.15, -0.1) is 11.3 Å². The topological polar surface area (TPSA) is 43.6 Å². The molecule has 3 aromatic rings. The fraction of sp³-hybridized carbons (Fsp3) is 0.143. The standard InChI is InChI=1S/C14H12N2O2S/c1-9-3-4-10(2)12(7-9)18-13-11(8-17)16-5-6-19-14(16)15-13/h3-8H,1-2H3. The summed E-state index contributed by atoms with van der Waals surface area (Å²) in [6, 6.07) is 5.95. The van der Waals surface area contributed by atoms with Crippen LogP contribution in [0.3, 0.4) is 0 Å². The van der Waals surface area contributed by atoms with Crippen LogP contribution in [0.25, 0.3) is 4.96 Å². The van der Waals surface area contributed by atoms with Gasteiger partial charge in [0.05, 0.1) is 0 Å². The van der Waals surface area contributed by atoms with Gasteiger partial charge < -0.3 is 4.74 Å². The van der Waals surface area contributed by atoms with Gasteiger partial charge in [0, 0.05) is 11.6 Å².